The van der Waals surface area contributed by atoms with Gasteiger partial charge in [0.25, 0.3) is 5.91 Å². The number of carbonyl (C=O) groups excluding carboxylic acids is 1. The van der Waals surface area contributed by atoms with Gasteiger partial charge in [0, 0.05) is 18.5 Å². The van der Waals surface area contributed by atoms with E-state index >= 15 is 0 Å². The molecule has 0 aliphatic carbocycles. The van der Waals surface area contributed by atoms with E-state index in [9.17, 15) is 4.79 Å². The first-order chi connectivity index (χ1) is 11.1. The van der Waals surface area contributed by atoms with Crippen molar-refractivity contribution in [3.05, 3.63) is 45.6 Å². The van der Waals surface area contributed by atoms with E-state index < -0.39 is 0 Å². The number of ether oxygens (including phenoxy) is 3. The maximum Gasteiger partial charge on any atom is 0.258 e. The van der Waals surface area contributed by atoms with Gasteiger partial charge in [0.15, 0.2) is 6.61 Å². The van der Waals surface area contributed by atoms with Crippen LogP contribution in [0.2, 0.25) is 4.34 Å². The quantitative estimate of drug-likeness (QED) is 0.789. The molecule has 2 rings (SSSR count). The lowest BCUT2D eigenvalue weighted by molar-refractivity contribution is -0.123. The number of thiophene rings is 1. The Hall–Kier alpha value is -1.76. The first-order valence-electron chi connectivity index (χ1n) is 6.94. The van der Waals surface area contributed by atoms with Gasteiger partial charge in [-0.25, -0.2) is 0 Å². The van der Waals surface area contributed by atoms with Gasteiger partial charge >= 0.3 is 0 Å². The van der Waals surface area contributed by atoms with Gasteiger partial charge in [-0.15, -0.1) is 11.3 Å². The van der Waals surface area contributed by atoms with Crippen molar-refractivity contribution < 1.29 is 19.0 Å². The number of rotatable bonds is 8. The second kappa shape index (κ2) is 8.76. The molecule has 2 aromatic rings. The molecule has 0 saturated carbocycles. The molecular weight excluding hydrogens is 338 g/mol. The van der Waals surface area contributed by atoms with E-state index in [0.717, 1.165) is 10.6 Å². The minimum Gasteiger partial charge on any atom is -0.497 e. The molecule has 0 aliphatic rings. The van der Waals surface area contributed by atoms with Gasteiger partial charge in [-0.3, -0.25) is 4.79 Å². The number of amides is 1. The minimum atomic E-state index is -0.225. The Morgan fingerprint density at radius 1 is 1.17 bits per heavy atom. The Kier molecular flexibility index (Phi) is 6.70. The summed E-state index contributed by atoms with van der Waals surface area (Å²) in [7, 11) is 3.19. The number of hydrogen-bond acceptors (Lipinski definition) is 5. The normalized spacial score (nSPS) is 11.8. The smallest absolute Gasteiger partial charge is 0.258 e. The zero-order chi connectivity index (χ0) is 16.7. The lowest BCUT2D eigenvalue weighted by Gasteiger charge is -2.14. The van der Waals surface area contributed by atoms with Gasteiger partial charge in [-0.1, -0.05) is 11.6 Å². The number of hydrogen-bond donors (Lipinski definition) is 1. The monoisotopic (exact) mass is 355 g/mol. The number of carbonyl (C=O) groups is 1. The number of halogens is 1. The molecule has 1 aromatic carbocycles. The lowest BCUT2D eigenvalue weighted by Crippen LogP contribution is -2.32. The van der Waals surface area contributed by atoms with Crippen LogP contribution < -0.4 is 14.8 Å². The van der Waals surface area contributed by atoms with Crippen molar-refractivity contribution >= 4 is 28.8 Å². The van der Waals surface area contributed by atoms with E-state index in [4.69, 9.17) is 25.8 Å². The number of nitrogens with one attached hydrogen (secondary N) is 1. The molecule has 0 aliphatic heterocycles. The highest BCUT2D eigenvalue weighted by atomic mass is 35.5. The van der Waals surface area contributed by atoms with Crippen LogP contribution in [0, 0.1) is 0 Å². The summed E-state index contributed by atoms with van der Waals surface area (Å²) in [5.41, 5.74) is 0. The van der Waals surface area contributed by atoms with E-state index in [2.05, 4.69) is 5.32 Å². The van der Waals surface area contributed by atoms with Gasteiger partial charge in [0.2, 0.25) is 0 Å². The average Bonchev–Trinajstić information content (AvgIpc) is 3.00. The zero-order valence-corrected chi connectivity index (χ0v) is 14.4. The number of methoxy groups -OCH3 is 2. The van der Waals surface area contributed by atoms with Crippen molar-refractivity contribution in [2.75, 3.05) is 27.4 Å². The summed E-state index contributed by atoms with van der Waals surface area (Å²) in [5.74, 6) is 1.12. The molecule has 5 nitrogen and oxygen atoms in total. The molecule has 0 spiro atoms. The predicted octanol–water partition coefficient (Wildman–Crippen LogP) is 3.29. The summed E-state index contributed by atoms with van der Waals surface area (Å²) in [4.78, 5) is 12.8. The van der Waals surface area contributed by atoms with E-state index in [1.54, 1.807) is 38.5 Å². The van der Waals surface area contributed by atoms with Crippen LogP contribution in [-0.2, 0) is 9.53 Å². The zero-order valence-electron chi connectivity index (χ0n) is 12.9. The summed E-state index contributed by atoms with van der Waals surface area (Å²) in [6.07, 6.45) is -0.225. The van der Waals surface area contributed by atoms with Gasteiger partial charge in [0.05, 0.1) is 11.4 Å². The van der Waals surface area contributed by atoms with Crippen molar-refractivity contribution in [1.29, 1.82) is 0 Å². The Balaban J connectivity index is 1.77. The summed E-state index contributed by atoms with van der Waals surface area (Å²) < 4.78 is 16.5. The predicted molar refractivity (Wildman–Crippen MR) is 90.6 cm³/mol. The molecule has 23 heavy (non-hydrogen) atoms. The molecule has 0 saturated heterocycles. The third kappa shape index (κ3) is 5.42. The molecule has 0 bridgehead atoms. The van der Waals surface area contributed by atoms with Gasteiger partial charge in [0.1, 0.15) is 17.6 Å². The Morgan fingerprint density at radius 2 is 1.87 bits per heavy atom. The van der Waals surface area contributed by atoms with Crippen molar-refractivity contribution in [2.45, 2.75) is 6.10 Å². The SMILES string of the molecule is COc1ccc(OCC(=O)NCC(OC)c2ccc(Cl)s2)cc1. The van der Waals surface area contributed by atoms with Crippen molar-refractivity contribution in [1.82, 2.24) is 5.32 Å². The van der Waals surface area contributed by atoms with Crippen molar-refractivity contribution in [2.24, 2.45) is 0 Å². The second-order valence-corrected chi connectivity index (χ2v) is 6.38. The molecular formula is C16H18ClNO4S. The largest absolute Gasteiger partial charge is 0.497 e. The fourth-order valence-electron chi connectivity index (χ4n) is 1.88. The molecule has 124 valence electrons. The van der Waals surface area contributed by atoms with Crippen LogP contribution in [0.1, 0.15) is 11.0 Å². The molecule has 1 N–H and O–H groups in total. The first kappa shape index (κ1) is 17.6. The molecule has 7 heteroatoms. The molecule has 1 unspecified atom stereocenters. The van der Waals surface area contributed by atoms with Crippen LogP contribution in [-0.4, -0.2) is 33.3 Å². The van der Waals surface area contributed by atoms with E-state index in [-0.39, 0.29) is 18.6 Å². The lowest BCUT2D eigenvalue weighted by atomic mass is 10.3. The van der Waals surface area contributed by atoms with Gasteiger partial charge in [-0.2, -0.15) is 0 Å². The third-order valence-corrected chi connectivity index (χ3v) is 4.43. The molecule has 1 aromatic heterocycles. The van der Waals surface area contributed by atoms with E-state index in [1.165, 1.54) is 11.3 Å². The molecule has 1 amide bonds. The van der Waals surface area contributed by atoms with Crippen LogP contribution in [0.4, 0.5) is 0 Å². The first-order valence-corrected chi connectivity index (χ1v) is 8.13. The number of benzene rings is 1. The third-order valence-electron chi connectivity index (χ3n) is 3.11. The van der Waals surface area contributed by atoms with E-state index in [1.807, 2.05) is 12.1 Å². The minimum absolute atomic E-state index is 0.0615. The van der Waals surface area contributed by atoms with Crippen LogP contribution >= 0.6 is 22.9 Å². The Labute approximate surface area is 144 Å². The highest BCUT2D eigenvalue weighted by molar-refractivity contribution is 7.16. The fraction of sp³-hybridized carbons (Fsp3) is 0.312. The standard InChI is InChI=1S/C16H18ClNO4S/c1-20-11-3-5-12(6-4-11)22-10-16(19)18-9-13(21-2)14-7-8-15(17)23-14/h3-8,13H,9-10H2,1-2H3,(H,18,19). The Morgan fingerprint density at radius 3 is 2.43 bits per heavy atom. The summed E-state index contributed by atoms with van der Waals surface area (Å²) in [6, 6.07) is 10.7. The molecule has 0 radical (unpaired) electrons. The van der Waals surface area contributed by atoms with Crippen molar-refractivity contribution in [3.8, 4) is 11.5 Å². The Bertz CT molecular complexity index is 629. The summed E-state index contributed by atoms with van der Waals surface area (Å²) >= 11 is 7.34. The maximum absolute atomic E-state index is 11.9. The van der Waals surface area contributed by atoms with Crippen molar-refractivity contribution in [3.63, 3.8) is 0 Å². The summed E-state index contributed by atoms with van der Waals surface area (Å²) in [5, 5.41) is 2.78. The van der Waals surface area contributed by atoms with Crippen LogP contribution in [0.15, 0.2) is 36.4 Å². The van der Waals surface area contributed by atoms with Gasteiger partial charge in [-0.05, 0) is 36.4 Å². The highest BCUT2D eigenvalue weighted by Gasteiger charge is 2.14. The average molecular weight is 356 g/mol. The fourth-order valence-corrected chi connectivity index (χ4v) is 3.02. The highest BCUT2D eigenvalue weighted by Crippen LogP contribution is 2.28. The van der Waals surface area contributed by atoms with Crippen LogP contribution in [0.25, 0.3) is 0 Å². The van der Waals surface area contributed by atoms with Gasteiger partial charge < -0.3 is 19.5 Å². The second-order valence-electron chi connectivity index (χ2n) is 4.63. The molecule has 1 heterocycles. The molecule has 0 fully saturated rings. The topological polar surface area (TPSA) is 56.8 Å². The van der Waals surface area contributed by atoms with Crippen LogP contribution in [0.5, 0.6) is 11.5 Å². The summed E-state index contributed by atoms with van der Waals surface area (Å²) in [6.45, 7) is 0.298. The molecule has 1 atom stereocenters. The van der Waals surface area contributed by atoms with Crippen LogP contribution in [0.3, 0.4) is 0 Å². The maximum atomic E-state index is 11.9. The van der Waals surface area contributed by atoms with E-state index in [0.29, 0.717) is 16.6 Å².